The molecule has 2 aromatic rings. The summed E-state index contributed by atoms with van der Waals surface area (Å²) in [7, 11) is 0. The minimum Gasteiger partial charge on any atom is -0.309 e. The fraction of sp³-hybridized carbons (Fsp3) is 0.143. The van der Waals surface area contributed by atoms with E-state index in [1.807, 2.05) is 24.3 Å². The first-order valence-electron chi connectivity index (χ1n) is 5.94. The lowest BCUT2D eigenvalue weighted by atomic mass is 10.2. The Kier molecular flexibility index (Phi) is 5.28. The predicted molar refractivity (Wildman–Crippen MR) is 85.5 cm³/mol. The van der Waals surface area contributed by atoms with Crippen LogP contribution in [0.3, 0.4) is 0 Å². The summed E-state index contributed by atoms with van der Waals surface area (Å²) in [5.74, 6) is 0. The molecule has 6 heteroatoms. The van der Waals surface area contributed by atoms with Crippen LogP contribution in [0, 0.1) is 10.1 Å². The number of nitrogens with one attached hydrogen (secondary N) is 1. The zero-order valence-corrected chi connectivity index (χ0v) is 13.6. The highest BCUT2D eigenvalue weighted by Crippen LogP contribution is 2.23. The van der Waals surface area contributed by atoms with Gasteiger partial charge in [0.2, 0.25) is 0 Å². The molecule has 0 aromatic heterocycles. The Labute approximate surface area is 133 Å². The van der Waals surface area contributed by atoms with Gasteiger partial charge < -0.3 is 5.32 Å². The van der Waals surface area contributed by atoms with Crippen molar-refractivity contribution in [3.8, 4) is 0 Å². The third kappa shape index (κ3) is 4.13. The largest absolute Gasteiger partial charge is 0.309 e. The quantitative estimate of drug-likeness (QED) is 0.598. The van der Waals surface area contributed by atoms with Crippen LogP contribution in [0.25, 0.3) is 0 Å². The van der Waals surface area contributed by atoms with E-state index in [9.17, 15) is 10.1 Å². The van der Waals surface area contributed by atoms with Gasteiger partial charge in [-0.3, -0.25) is 10.1 Å². The van der Waals surface area contributed by atoms with E-state index in [0.717, 1.165) is 20.1 Å². The van der Waals surface area contributed by atoms with Crippen molar-refractivity contribution in [2.75, 3.05) is 0 Å². The van der Waals surface area contributed by atoms with Gasteiger partial charge in [0, 0.05) is 34.2 Å². The molecule has 0 heterocycles. The molecule has 0 aliphatic heterocycles. The molecule has 0 amide bonds. The van der Waals surface area contributed by atoms with Gasteiger partial charge in [-0.25, -0.2) is 0 Å². The fourth-order valence-electron chi connectivity index (χ4n) is 1.78. The van der Waals surface area contributed by atoms with Crippen molar-refractivity contribution in [3.05, 3.63) is 72.7 Å². The van der Waals surface area contributed by atoms with E-state index in [1.165, 1.54) is 6.07 Å². The van der Waals surface area contributed by atoms with Gasteiger partial charge in [0.05, 0.1) is 4.92 Å². The Hall–Kier alpha value is -1.24. The molecule has 0 radical (unpaired) electrons. The van der Waals surface area contributed by atoms with Crippen molar-refractivity contribution in [2.24, 2.45) is 0 Å². The molecule has 0 fully saturated rings. The first kappa shape index (κ1) is 15.2. The molecule has 0 saturated heterocycles. The van der Waals surface area contributed by atoms with Gasteiger partial charge in [-0.1, -0.05) is 18.2 Å². The molecule has 0 bridgehead atoms. The second-order valence-electron chi connectivity index (χ2n) is 4.28. The highest BCUT2D eigenvalue weighted by Gasteiger charge is 2.05. The molecule has 0 aliphatic carbocycles. The summed E-state index contributed by atoms with van der Waals surface area (Å²) in [6.45, 7) is 1.30. The van der Waals surface area contributed by atoms with Crippen LogP contribution in [0.15, 0.2) is 51.4 Å². The number of non-ortho nitro benzene ring substituents is 1. The monoisotopic (exact) mass is 398 g/mol. The first-order valence-corrected chi connectivity index (χ1v) is 7.53. The first-order chi connectivity index (χ1) is 9.56. The lowest BCUT2D eigenvalue weighted by molar-refractivity contribution is -0.384. The molecule has 0 atom stereocenters. The highest BCUT2D eigenvalue weighted by atomic mass is 79.9. The summed E-state index contributed by atoms with van der Waals surface area (Å²) in [5, 5.41) is 14.0. The Balaban J connectivity index is 1.94. The summed E-state index contributed by atoms with van der Waals surface area (Å²) < 4.78 is 2.02. The van der Waals surface area contributed by atoms with Crippen molar-refractivity contribution >= 4 is 37.5 Å². The summed E-state index contributed by atoms with van der Waals surface area (Å²) in [6.07, 6.45) is 0. The fourth-order valence-corrected chi connectivity index (χ4v) is 2.45. The van der Waals surface area contributed by atoms with Crippen molar-refractivity contribution in [3.63, 3.8) is 0 Å². The van der Waals surface area contributed by atoms with Gasteiger partial charge in [-0.2, -0.15) is 0 Å². The van der Waals surface area contributed by atoms with E-state index in [0.29, 0.717) is 13.1 Å². The molecular formula is C14H12Br2N2O2. The van der Waals surface area contributed by atoms with Gasteiger partial charge in [-0.05, 0) is 55.1 Å². The minimum absolute atomic E-state index is 0.121. The highest BCUT2D eigenvalue weighted by molar-refractivity contribution is 9.13. The van der Waals surface area contributed by atoms with Crippen LogP contribution >= 0.6 is 31.9 Å². The second-order valence-corrected chi connectivity index (χ2v) is 5.99. The number of nitro groups is 1. The molecule has 2 rings (SSSR count). The average molecular weight is 400 g/mol. The standard InChI is InChI=1S/C14H12Br2N2O2/c15-13-5-4-11(7-14(13)16)9-17-8-10-2-1-3-12(6-10)18(19)20/h1-7,17H,8-9H2. The molecule has 20 heavy (non-hydrogen) atoms. The van der Waals surface area contributed by atoms with Gasteiger partial charge in [-0.15, -0.1) is 0 Å². The smallest absolute Gasteiger partial charge is 0.269 e. The SMILES string of the molecule is O=[N+]([O-])c1cccc(CNCc2ccc(Br)c(Br)c2)c1. The maximum atomic E-state index is 10.7. The number of nitro benzene ring substituents is 1. The molecular weight excluding hydrogens is 388 g/mol. The van der Waals surface area contributed by atoms with Crippen molar-refractivity contribution in [1.29, 1.82) is 0 Å². The normalized spacial score (nSPS) is 10.5. The van der Waals surface area contributed by atoms with E-state index < -0.39 is 0 Å². The molecule has 104 valence electrons. The average Bonchev–Trinajstić information content (AvgIpc) is 2.43. The topological polar surface area (TPSA) is 55.2 Å². The summed E-state index contributed by atoms with van der Waals surface area (Å²) in [6, 6.07) is 12.7. The van der Waals surface area contributed by atoms with E-state index in [-0.39, 0.29) is 10.6 Å². The molecule has 2 aromatic carbocycles. The number of nitrogens with zero attached hydrogens (tertiary/aromatic N) is 1. The summed E-state index contributed by atoms with van der Waals surface area (Å²) >= 11 is 6.88. The number of hydrogen-bond acceptors (Lipinski definition) is 3. The van der Waals surface area contributed by atoms with Crippen molar-refractivity contribution in [1.82, 2.24) is 5.32 Å². The lowest BCUT2D eigenvalue weighted by Crippen LogP contribution is -2.12. The number of hydrogen-bond donors (Lipinski definition) is 1. The van der Waals surface area contributed by atoms with Crippen molar-refractivity contribution in [2.45, 2.75) is 13.1 Å². The van der Waals surface area contributed by atoms with E-state index >= 15 is 0 Å². The molecule has 0 aliphatic rings. The summed E-state index contributed by atoms with van der Waals surface area (Å²) in [5.41, 5.74) is 2.16. The Morgan fingerprint density at radius 3 is 2.35 bits per heavy atom. The summed E-state index contributed by atoms with van der Waals surface area (Å²) in [4.78, 5) is 10.3. The molecule has 0 saturated carbocycles. The van der Waals surface area contributed by atoms with Crippen LogP contribution in [-0.2, 0) is 13.1 Å². The molecule has 1 N–H and O–H groups in total. The maximum Gasteiger partial charge on any atom is 0.269 e. The van der Waals surface area contributed by atoms with Crippen LogP contribution < -0.4 is 5.32 Å². The zero-order chi connectivity index (χ0) is 14.5. The van der Waals surface area contributed by atoms with E-state index in [2.05, 4.69) is 37.2 Å². The van der Waals surface area contributed by atoms with E-state index in [4.69, 9.17) is 0 Å². The van der Waals surface area contributed by atoms with Crippen LogP contribution in [0.4, 0.5) is 5.69 Å². The Morgan fingerprint density at radius 2 is 1.70 bits per heavy atom. The Morgan fingerprint density at radius 1 is 1.00 bits per heavy atom. The lowest BCUT2D eigenvalue weighted by Gasteiger charge is -2.06. The minimum atomic E-state index is -0.380. The number of halogens is 2. The second kappa shape index (κ2) is 6.97. The molecule has 0 spiro atoms. The van der Waals surface area contributed by atoms with Crippen LogP contribution in [0.2, 0.25) is 0 Å². The maximum absolute atomic E-state index is 10.7. The predicted octanol–water partition coefficient (Wildman–Crippen LogP) is 4.41. The van der Waals surface area contributed by atoms with Crippen molar-refractivity contribution < 1.29 is 4.92 Å². The van der Waals surface area contributed by atoms with Gasteiger partial charge in [0.1, 0.15) is 0 Å². The van der Waals surface area contributed by atoms with Gasteiger partial charge in [0.25, 0.3) is 5.69 Å². The van der Waals surface area contributed by atoms with E-state index in [1.54, 1.807) is 12.1 Å². The number of benzene rings is 2. The third-order valence-corrected chi connectivity index (χ3v) is 4.64. The van der Waals surface area contributed by atoms with Gasteiger partial charge in [0.15, 0.2) is 0 Å². The molecule has 4 nitrogen and oxygen atoms in total. The van der Waals surface area contributed by atoms with Crippen LogP contribution in [-0.4, -0.2) is 4.92 Å². The Bertz CT molecular complexity index is 632. The zero-order valence-electron chi connectivity index (χ0n) is 10.5. The third-order valence-electron chi connectivity index (χ3n) is 2.76. The molecule has 0 unspecified atom stereocenters. The van der Waals surface area contributed by atoms with Gasteiger partial charge >= 0.3 is 0 Å². The van der Waals surface area contributed by atoms with Crippen LogP contribution in [0.1, 0.15) is 11.1 Å². The van der Waals surface area contributed by atoms with Crippen LogP contribution in [0.5, 0.6) is 0 Å². The number of rotatable bonds is 5.